The van der Waals surface area contributed by atoms with E-state index in [0.717, 1.165) is 6.07 Å². The molecule has 0 amide bonds. The summed E-state index contributed by atoms with van der Waals surface area (Å²) in [5, 5.41) is -0.00347. The van der Waals surface area contributed by atoms with Gasteiger partial charge >= 0.3 is 59.1 Å². The molecule has 0 aliphatic carbocycles. The molecule has 0 unspecified atom stereocenters. The molecule has 0 bridgehead atoms. The van der Waals surface area contributed by atoms with Crippen LogP contribution in [-0.4, -0.2) is 25.9 Å². The molecule has 7 nitrogen and oxygen atoms in total. The van der Waals surface area contributed by atoms with E-state index in [9.17, 15) is 25.9 Å². The molecule has 2 rings (SSSR count). The number of hydrogen-bond donors (Lipinski definition) is 1. The molecular weight excluding hydrogens is 340 g/mol. The Morgan fingerprint density at radius 3 is 1.90 bits per heavy atom. The number of hydrogen-bond acceptors (Lipinski definition) is 7. The second kappa shape index (κ2) is 7.26. The van der Waals surface area contributed by atoms with Gasteiger partial charge in [-0.3, -0.25) is 0 Å². The Hall–Kier alpha value is 0.320. The summed E-state index contributed by atoms with van der Waals surface area (Å²) in [6.45, 7) is 0. The van der Waals surface area contributed by atoms with Crippen molar-refractivity contribution in [2.45, 2.75) is 9.79 Å². The fraction of sp³-hybridized carbons (Fsp3) is 0. The van der Waals surface area contributed by atoms with Gasteiger partial charge < -0.3 is 14.8 Å². The number of fused-ring (bicyclic) bond motifs is 1. The Labute approximate surface area is 166 Å². The molecule has 11 heteroatoms. The fourth-order valence-corrected chi connectivity index (χ4v) is 3.78. The van der Waals surface area contributed by atoms with Crippen molar-refractivity contribution in [3.8, 4) is 0 Å². The van der Waals surface area contributed by atoms with Crippen LogP contribution in [0.2, 0.25) is 0 Å². The van der Waals surface area contributed by atoms with Crippen LogP contribution in [0.1, 0.15) is 0 Å². The van der Waals surface area contributed by atoms with Crippen LogP contribution in [0.15, 0.2) is 40.1 Å². The zero-order valence-corrected chi connectivity index (χ0v) is 16.9. The van der Waals surface area contributed by atoms with E-state index >= 15 is 0 Å². The minimum absolute atomic E-state index is 0. The molecule has 102 valence electrons. The van der Waals surface area contributed by atoms with E-state index in [1.165, 1.54) is 24.3 Å². The van der Waals surface area contributed by atoms with Crippen LogP contribution in [-0.2, 0) is 20.2 Å². The molecule has 0 aliphatic rings. The van der Waals surface area contributed by atoms with E-state index in [0.29, 0.717) is 0 Å². The van der Waals surface area contributed by atoms with Crippen molar-refractivity contribution in [1.29, 1.82) is 0 Å². The second-order valence-electron chi connectivity index (χ2n) is 3.75. The summed E-state index contributed by atoms with van der Waals surface area (Å²) in [6.07, 6.45) is 0. The first-order chi connectivity index (χ1) is 8.62. The molecule has 0 atom stereocenters. The molecule has 0 aliphatic heterocycles. The number of benzene rings is 2. The van der Waals surface area contributed by atoms with Crippen LogP contribution in [0.4, 0.5) is 5.69 Å². The van der Waals surface area contributed by atoms with Gasteiger partial charge in [0.05, 0.1) is 9.79 Å². The number of rotatable bonds is 2. The van der Waals surface area contributed by atoms with Crippen molar-refractivity contribution in [1.82, 2.24) is 0 Å². The number of nitrogens with two attached hydrogens (primary N) is 1. The Morgan fingerprint density at radius 2 is 1.43 bits per heavy atom. The molecule has 2 aromatic carbocycles. The molecule has 21 heavy (non-hydrogen) atoms. The largest absolute Gasteiger partial charge is 1.00 e. The summed E-state index contributed by atoms with van der Waals surface area (Å²) in [4.78, 5) is -2.19. The van der Waals surface area contributed by atoms with Crippen LogP contribution in [0.5, 0.6) is 0 Å². The van der Waals surface area contributed by atoms with Crippen molar-refractivity contribution < 1.29 is 85.1 Å². The van der Waals surface area contributed by atoms with Gasteiger partial charge in [-0.25, -0.2) is 16.8 Å². The predicted octanol–water partition coefficient (Wildman–Crippen LogP) is -5.76. The maximum Gasteiger partial charge on any atom is 1.00 e. The maximum atomic E-state index is 11.3. The molecule has 2 N–H and O–H groups in total. The van der Waals surface area contributed by atoms with E-state index in [-0.39, 0.29) is 75.6 Å². The van der Waals surface area contributed by atoms with Gasteiger partial charge in [0.1, 0.15) is 20.2 Å². The zero-order valence-electron chi connectivity index (χ0n) is 11.2. The van der Waals surface area contributed by atoms with E-state index < -0.39 is 30.0 Å². The van der Waals surface area contributed by atoms with Crippen molar-refractivity contribution in [2.75, 3.05) is 5.73 Å². The molecule has 2 aromatic rings. The summed E-state index contributed by atoms with van der Waals surface area (Å²) >= 11 is 0. The second-order valence-corrected chi connectivity index (χ2v) is 6.41. The zero-order chi connectivity index (χ0) is 14.4. The van der Waals surface area contributed by atoms with Crippen LogP contribution in [0, 0.1) is 0 Å². The third kappa shape index (κ3) is 4.41. The van der Waals surface area contributed by atoms with Gasteiger partial charge in [0, 0.05) is 11.1 Å². The average Bonchev–Trinajstić information content (AvgIpc) is 2.25. The van der Waals surface area contributed by atoms with Crippen molar-refractivity contribution >= 4 is 36.7 Å². The molecule has 0 heterocycles. The Morgan fingerprint density at radius 1 is 0.857 bits per heavy atom. The standard InChI is InChI=1S/C10H9NO6S2.2Na/c11-7-3-1-2-6-4-5-8(18(12,13)14)10(9(6)7)19(15,16)17;;/h1-5H,11H2,(H,12,13,14)(H,15,16,17);;/q;2*+1/p-2. The summed E-state index contributed by atoms with van der Waals surface area (Å²) < 4.78 is 66.9. The number of nitrogen functional groups attached to an aromatic ring is 1. The topological polar surface area (TPSA) is 140 Å². The number of anilines is 1. The molecule has 0 saturated heterocycles. The van der Waals surface area contributed by atoms with Gasteiger partial charge in [0.15, 0.2) is 0 Å². The van der Waals surface area contributed by atoms with E-state index in [1.54, 1.807) is 0 Å². The smallest absolute Gasteiger partial charge is 0.744 e. The van der Waals surface area contributed by atoms with Crippen LogP contribution in [0.3, 0.4) is 0 Å². The first kappa shape index (κ1) is 21.3. The van der Waals surface area contributed by atoms with E-state index in [1.807, 2.05) is 0 Å². The molecule has 0 aromatic heterocycles. The monoisotopic (exact) mass is 347 g/mol. The maximum absolute atomic E-state index is 11.3. The average molecular weight is 347 g/mol. The molecule has 0 saturated carbocycles. The normalized spacial score (nSPS) is 11.5. The Balaban J connectivity index is 0.00000200. The third-order valence-corrected chi connectivity index (χ3v) is 4.45. The van der Waals surface area contributed by atoms with Crippen LogP contribution < -0.4 is 64.8 Å². The summed E-state index contributed by atoms with van der Waals surface area (Å²) in [6, 6.07) is 6.25. The SMILES string of the molecule is Nc1cccc2ccc(S(=O)(=O)[O-])c(S(=O)(=O)[O-])c12.[Na+].[Na+]. The molecule has 0 radical (unpaired) electrons. The summed E-state index contributed by atoms with van der Waals surface area (Å²) in [5.41, 5.74) is 5.47. The summed E-state index contributed by atoms with van der Waals surface area (Å²) in [5.74, 6) is 0. The Kier molecular flexibility index (Phi) is 7.37. The van der Waals surface area contributed by atoms with Crippen LogP contribution in [0.25, 0.3) is 10.8 Å². The minimum atomic E-state index is -5.17. The van der Waals surface area contributed by atoms with E-state index in [4.69, 9.17) is 5.73 Å². The van der Waals surface area contributed by atoms with Gasteiger partial charge in [0.25, 0.3) is 0 Å². The fourth-order valence-electron chi connectivity index (χ4n) is 1.80. The summed E-state index contributed by atoms with van der Waals surface area (Å²) in [7, 11) is -10.3. The Bertz CT molecular complexity index is 880. The predicted molar refractivity (Wildman–Crippen MR) is 64.3 cm³/mol. The minimum Gasteiger partial charge on any atom is -0.744 e. The quantitative estimate of drug-likeness (QED) is 0.324. The molecular formula is C10H7NNa2O6S2. The van der Waals surface area contributed by atoms with Crippen molar-refractivity contribution in [2.24, 2.45) is 0 Å². The molecule has 0 spiro atoms. The first-order valence-electron chi connectivity index (χ1n) is 4.85. The van der Waals surface area contributed by atoms with Gasteiger partial charge in [-0.2, -0.15) is 0 Å². The van der Waals surface area contributed by atoms with E-state index in [2.05, 4.69) is 0 Å². The van der Waals surface area contributed by atoms with Gasteiger partial charge in [0.2, 0.25) is 0 Å². The van der Waals surface area contributed by atoms with Crippen molar-refractivity contribution in [3.05, 3.63) is 30.3 Å². The molecule has 0 fully saturated rings. The third-order valence-electron chi connectivity index (χ3n) is 2.51. The van der Waals surface area contributed by atoms with Crippen molar-refractivity contribution in [3.63, 3.8) is 0 Å². The van der Waals surface area contributed by atoms with Gasteiger partial charge in [-0.15, -0.1) is 0 Å². The van der Waals surface area contributed by atoms with Crippen LogP contribution >= 0.6 is 0 Å². The van der Waals surface area contributed by atoms with Gasteiger partial charge in [-0.1, -0.05) is 18.2 Å². The first-order valence-corrected chi connectivity index (χ1v) is 7.67. The van der Waals surface area contributed by atoms with Gasteiger partial charge in [-0.05, 0) is 17.5 Å².